The van der Waals surface area contributed by atoms with Gasteiger partial charge in [0, 0.05) is 48.8 Å². The maximum atomic E-state index is 13.5. The molecule has 0 radical (unpaired) electrons. The first-order valence-corrected chi connectivity index (χ1v) is 11.9. The molecular weight excluding hydrogens is 445 g/mol. The number of likely N-dealkylation sites (N-methyl/N-ethyl adjacent to an activating group) is 1. The molecular formula is C25H33F3N4O2. The minimum atomic E-state index is -4.42. The molecule has 0 aromatic heterocycles. The third-order valence-electron chi connectivity index (χ3n) is 6.83. The smallest absolute Gasteiger partial charge is 0.381 e. The molecule has 1 aromatic carbocycles. The summed E-state index contributed by atoms with van der Waals surface area (Å²) < 4.78 is 46.8. The lowest BCUT2D eigenvalue weighted by molar-refractivity contribution is -0.138. The maximum absolute atomic E-state index is 13.5. The second-order valence-electron chi connectivity index (χ2n) is 9.54. The number of urea groups is 1. The summed E-state index contributed by atoms with van der Waals surface area (Å²) in [5.41, 5.74) is 0.568. The SMILES string of the molecule is CN(C)CCNC(=O)NC[C@H]1CC[C@@H]2[C@H](O1)c1cc(C(F)(F)F)ccc1N[C@H]2C1C=CC=CC1. The molecule has 1 unspecified atom stereocenters. The predicted molar refractivity (Wildman–Crippen MR) is 126 cm³/mol. The van der Waals surface area contributed by atoms with Gasteiger partial charge in [0.15, 0.2) is 0 Å². The van der Waals surface area contributed by atoms with E-state index >= 15 is 0 Å². The van der Waals surface area contributed by atoms with Gasteiger partial charge in [0.05, 0.1) is 17.8 Å². The molecule has 2 amide bonds. The van der Waals surface area contributed by atoms with Crippen LogP contribution in [-0.2, 0) is 10.9 Å². The van der Waals surface area contributed by atoms with Crippen LogP contribution in [-0.4, -0.2) is 56.8 Å². The van der Waals surface area contributed by atoms with Gasteiger partial charge in [-0.05, 0) is 51.6 Å². The fourth-order valence-electron chi connectivity index (χ4n) is 5.07. The molecule has 1 aromatic rings. The van der Waals surface area contributed by atoms with Crippen molar-refractivity contribution in [2.24, 2.45) is 11.8 Å². The van der Waals surface area contributed by atoms with Crippen molar-refractivity contribution in [2.75, 3.05) is 39.0 Å². The Balaban J connectivity index is 1.49. The number of hydrogen-bond donors (Lipinski definition) is 3. The van der Waals surface area contributed by atoms with Gasteiger partial charge in [-0.3, -0.25) is 0 Å². The highest BCUT2D eigenvalue weighted by molar-refractivity contribution is 5.73. The number of carbonyl (C=O) groups is 1. The normalized spacial score (nSPS) is 28.1. The van der Waals surface area contributed by atoms with Crippen molar-refractivity contribution in [3.63, 3.8) is 0 Å². The number of amides is 2. The number of nitrogens with zero attached hydrogens (tertiary/aromatic N) is 1. The van der Waals surface area contributed by atoms with Crippen LogP contribution < -0.4 is 16.0 Å². The molecule has 1 aliphatic carbocycles. The van der Waals surface area contributed by atoms with Crippen molar-refractivity contribution in [2.45, 2.75) is 43.7 Å². The van der Waals surface area contributed by atoms with Crippen molar-refractivity contribution in [1.29, 1.82) is 0 Å². The number of carbonyl (C=O) groups excluding carboxylic acids is 1. The summed E-state index contributed by atoms with van der Waals surface area (Å²) in [7, 11) is 3.86. The van der Waals surface area contributed by atoms with E-state index in [1.165, 1.54) is 12.1 Å². The number of benzene rings is 1. The van der Waals surface area contributed by atoms with Crippen molar-refractivity contribution < 1.29 is 22.7 Å². The molecule has 4 rings (SSSR count). The van der Waals surface area contributed by atoms with Gasteiger partial charge in [0.25, 0.3) is 0 Å². The van der Waals surface area contributed by atoms with Crippen LogP contribution in [0.4, 0.5) is 23.7 Å². The molecule has 3 N–H and O–H groups in total. The lowest BCUT2D eigenvalue weighted by Crippen LogP contribution is -2.49. The fraction of sp³-hybridized carbons (Fsp3) is 0.560. The second kappa shape index (κ2) is 10.4. The maximum Gasteiger partial charge on any atom is 0.416 e. The molecule has 3 aliphatic rings. The van der Waals surface area contributed by atoms with E-state index in [-0.39, 0.29) is 30.0 Å². The van der Waals surface area contributed by atoms with Crippen LogP contribution in [0.1, 0.15) is 36.5 Å². The van der Waals surface area contributed by atoms with Crippen LogP contribution in [0.3, 0.4) is 0 Å². The first-order valence-electron chi connectivity index (χ1n) is 11.9. The molecule has 0 bridgehead atoms. The van der Waals surface area contributed by atoms with Crippen LogP contribution in [0.15, 0.2) is 42.5 Å². The number of hydrogen-bond acceptors (Lipinski definition) is 4. The summed E-state index contributed by atoms with van der Waals surface area (Å²) in [5, 5.41) is 9.18. The molecule has 0 saturated carbocycles. The third kappa shape index (κ3) is 5.75. The van der Waals surface area contributed by atoms with Gasteiger partial charge in [-0.1, -0.05) is 24.3 Å². The summed E-state index contributed by atoms with van der Waals surface area (Å²) in [6, 6.07) is 3.66. The Morgan fingerprint density at radius 3 is 2.74 bits per heavy atom. The molecule has 1 saturated heterocycles. The Labute approximate surface area is 198 Å². The summed E-state index contributed by atoms with van der Waals surface area (Å²) in [6.07, 6.45) is 5.61. The Kier molecular flexibility index (Phi) is 7.52. The monoisotopic (exact) mass is 478 g/mol. The standard InChI is InChI=1S/C25H33F3N4O2/c1-32(2)13-12-29-24(33)30-15-18-9-10-19-22(16-6-4-3-5-7-16)31-21-11-8-17(25(26,27)28)14-20(21)23(19)34-18/h3-6,8,11,14,16,18-19,22-23,31H,7,9-10,12-13,15H2,1-2H3,(H2,29,30,33)/t16?,18-,19+,22+,23+/m1/s1. The van der Waals surface area contributed by atoms with E-state index in [9.17, 15) is 18.0 Å². The topological polar surface area (TPSA) is 65.6 Å². The van der Waals surface area contributed by atoms with E-state index in [0.717, 1.165) is 31.9 Å². The number of alkyl halides is 3. The molecule has 0 spiro atoms. The van der Waals surface area contributed by atoms with E-state index in [2.05, 4.69) is 28.1 Å². The van der Waals surface area contributed by atoms with E-state index < -0.39 is 17.8 Å². The minimum Gasteiger partial charge on any atom is -0.381 e. The first kappa shape index (κ1) is 24.6. The molecule has 9 heteroatoms. The van der Waals surface area contributed by atoms with Crippen molar-refractivity contribution in [3.05, 3.63) is 53.6 Å². The highest BCUT2D eigenvalue weighted by Crippen LogP contribution is 2.49. The van der Waals surface area contributed by atoms with E-state index in [1.54, 1.807) is 0 Å². The number of nitrogens with one attached hydrogen (secondary N) is 3. The quantitative estimate of drug-likeness (QED) is 0.570. The van der Waals surface area contributed by atoms with Crippen LogP contribution in [0, 0.1) is 11.8 Å². The number of allylic oxidation sites excluding steroid dienone is 3. The van der Waals surface area contributed by atoms with Gasteiger partial charge in [-0.15, -0.1) is 0 Å². The average Bonchev–Trinajstić information content (AvgIpc) is 2.81. The van der Waals surface area contributed by atoms with Gasteiger partial charge in [0.1, 0.15) is 0 Å². The lowest BCUT2D eigenvalue weighted by atomic mass is 9.73. The molecule has 2 aliphatic heterocycles. The van der Waals surface area contributed by atoms with Gasteiger partial charge in [-0.2, -0.15) is 13.2 Å². The minimum absolute atomic E-state index is 0.0438. The summed E-state index contributed by atoms with van der Waals surface area (Å²) in [5.74, 6) is 0.288. The fourth-order valence-corrected chi connectivity index (χ4v) is 5.07. The highest BCUT2D eigenvalue weighted by atomic mass is 19.4. The van der Waals surface area contributed by atoms with Crippen LogP contribution >= 0.6 is 0 Å². The Morgan fingerprint density at radius 1 is 1.21 bits per heavy atom. The van der Waals surface area contributed by atoms with E-state index in [4.69, 9.17) is 4.74 Å². The van der Waals surface area contributed by atoms with Crippen molar-refractivity contribution >= 4 is 11.7 Å². The molecule has 5 atom stereocenters. The molecule has 6 nitrogen and oxygen atoms in total. The second-order valence-corrected chi connectivity index (χ2v) is 9.54. The van der Waals surface area contributed by atoms with Gasteiger partial charge in [0.2, 0.25) is 0 Å². The van der Waals surface area contributed by atoms with Crippen LogP contribution in [0.2, 0.25) is 0 Å². The summed E-state index contributed by atoms with van der Waals surface area (Å²) >= 11 is 0. The molecule has 2 heterocycles. The predicted octanol–water partition coefficient (Wildman–Crippen LogP) is 4.33. The van der Waals surface area contributed by atoms with E-state index in [0.29, 0.717) is 24.3 Å². The number of halogens is 3. The highest BCUT2D eigenvalue weighted by Gasteiger charge is 2.45. The Bertz CT molecular complexity index is 931. The Hall–Kier alpha value is -2.52. The zero-order valence-electron chi connectivity index (χ0n) is 19.6. The van der Waals surface area contributed by atoms with Crippen molar-refractivity contribution in [1.82, 2.24) is 15.5 Å². The summed E-state index contributed by atoms with van der Waals surface area (Å²) in [4.78, 5) is 14.1. The number of fused-ring (bicyclic) bond motifs is 3. The van der Waals surface area contributed by atoms with Crippen LogP contribution in [0.25, 0.3) is 0 Å². The largest absolute Gasteiger partial charge is 0.416 e. The molecule has 1 fully saturated rings. The summed E-state index contributed by atoms with van der Waals surface area (Å²) in [6.45, 7) is 1.57. The zero-order chi connectivity index (χ0) is 24.3. The third-order valence-corrected chi connectivity index (χ3v) is 6.83. The molecule has 186 valence electrons. The van der Waals surface area contributed by atoms with E-state index in [1.807, 2.05) is 31.1 Å². The zero-order valence-corrected chi connectivity index (χ0v) is 19.6. The number of anilines is 1. The Morgan fingerprint density at radius 2 is 2.03 bits per heavy atom. The molecule has 34 heavy (non-hydrogen) atoms. The number of ether oxygens (including phenoxy) is 1. The van der Waals surface area contributed by atoms with Gasteiger partial charge < -0.3 is 25.6 Å². The number of rotatable bonds is 6. The van der Waals surface area contributed by atoms with Gasteiger partial charge >= 0.3 is 12.2 Å². The van der Waals surface area contributed by atoms with Crippen molar-refractivity contribution in [3.8, 4) is 0 Å². The average molecular weight is 479 g/mol. The van der Waals surface area contributed by atoms with Crippen LogP contribution in [0.5, 0.6) is 0 Å². The first-order chi connectivity index (χ1) is 16.2. The lowest BCUT2D eigenvalue weighted by Gasteiger charge is -2.47. The van der Waals surface area contributed by atoms with Gasteiger partial charge in [-0.25, -0.2) is 4.79 Å².